The van der Waals surface area contributed by atoms with E-state index in [1.54, 1.807) is 0 Å². The Labute approximate surface area is 364 Å². The number of aliphatic hydroxyl groups excluding tert-OH is 6. The Kier molecular flexibility index (Phi) is 16.0. The first-order valence-corrected chi connectivity index (χ1v) is 22.0. The second kappa shape index (κ2) is 18.8. The van der Waals surface area contributed by atoms with Gasteiger partial charge in [0.05, 0.1) is 49.3 Å². The summed E-state index contributed by atoms with van der Waals surface area (Å²) in [4.78, 5) is 0. The number of hydrogen-bond donors (Lipinski definition) is 7. The van der Waals surface area contributed by atoms with Crippen LogP contribution in [0.5, 0.6) is 0 Å². The van der Waals surface area contributed by atoms with Crippen molar-refractivity contribution < 1.29 is 111 Å². The summed E-state index contributed by atoms with van der Waals surface area (Å²) in [6.45, 7) is 9.58. The Morgan fingerprint density at radius 3 is 2.14 bits per heavy atom. The average molecular weight is 863 g/mol. The van der Waals surface area contributed by atoms with Gasteiger partial charge in [-0.05, 0) is 79.4 Å². The van der Waals surface area contributed by atoms with Crippen LogP contribution < -0.4 is 29.6 Å². The molecular formula is C39H67NaO17S. The van der Waals surface area contributed by atoms with Crippen LogP contribution >= 0.6 is 0 Å². The van der Waals surface area contributed by atoms with Gasteiger partial charge < -0.3 is 68.7 Å². The van der Waals surface area contributed by atoms with Crippen molar-refractivity contribution in [2.45, 2.75) is 171 Å². The van der Waals surface area contributed by atoms with Crippen molar-refractivity contribution in [2.75, 3.05) is 27.4 Å². The van der Waals surface area contributed by atoms with E-state index in [1.165, 1.54) is 14.2 Å². The molecule has 0 aromatic carbocycles. The van der Waals surface area contributed by atoms with Gasteiger partial charge in [-0.3, -0.25) is 4.18 Å². The molecule has 0 aromatic heterocycles. The van der Waals surface area contributed by atoms with Crippen molar-refractivity contribution in [1.82, 2.24) is 0 Å². The molecule has 7 N–H and O–H groups in total. The molecule has 2 saturated heterocycles. The fraction of sp³-hybridized carbons (Fsp3) is 1.00. The van der Waals surface area contributed by atoms with Gasteiger partial charge in [0.2, 0.25) is 10.4 Å². The second-order valence-corrected chi connectivity index (χ2v) is 19.8. The number of aliphatic hydroxyl groups is 7. The molecule has 6 fully saturated rings. The molecule has 4 aliphatic carbocycles. The summed E-state index contributed by atoms with van der Waals surface area (Å²) in [5, 5.41) is 78.4. The predicted molar refractivity (Wildman–Crippen MR) is 197 cm³/mol. The number of fused-ring (bicyclic) bond motifs is 5. The summed E-state index contributed by atoms with van der Waals surface area (Å²) in [5.74, 6) is -2.08. The molecule has 12 unspecified atom stereocenters. The molecule has 2 heterocycles. The molecule has 0 bridgehead atoms. The van der Waals surface area contributed by atoms with Gasteiger partial charge >= 0.3 is 29.6 Å². The van der Waals surface area contributed by atoms with Gasteiger partial charge in [0.15, 0.2) is 12.6 Å². The van der Waals surface area contributed by atoms with Crippen LogP contribution in [-0.4, -0.2) is 161 Å². The zero-order chi connectivity index (χ0) is 42.0. The average Bonchev–Trinajstić information content (AvgIpc) is 3.58. The number of hydrogen-bond acceptors (Lipinski definition) is 17. The zero-order valence-corrected chi connectivity index (χ0v) is 38.0. The van der Waals surface area contributed by atoms with Crippen LogP contribution in [0, 0.1) is 46.3 Å². The summed E-state index contributed by atoms with van der Waals surface area (Å²) in [6, 6.07) is 0. The van der Waals surface area contributed by atoms with Crippen molar-refractivity contribution >= 4 is 10.4 Å². The normalized spacial score (nSPS) is 49.1. The van der Waals surface area contributed by atoms with Gasteiger partial charge in [-0.1, -0.05) is 34.6 Å². The zero-order valence-electron chi connectivity index (χ0n) is 35.2. The predicted octanol–water partition coefficient (Wildman–Crippen LogP) is -2.81. The third-order valence-corrected chi connectivity index (χ3v) is 15.9. The summed E-state index contributed by atoms with van der Waals surface area (Å²) < 4.78 is 76.3. The summed E-state index contributed by atoms with van der Waals surface area (Å²) in [6.07, 6.45) is -10.3. The number of rotatable bonds is 14. The minimum absolute atomic E-state index is 0. The van der Waals surface area contributed by atoms with E-state index in [9.17, 15) is 48.7 Å². The molecule has 6 rings (SSSR count). The monoisotopic (exact) mass is 862 g/mol. The molecule has 17 nitrogen and oxygen atoms in total. The van der Waals surface area contributed by atoms with E-state index in [4.69, 9.17) is 32.6 Å². The van der Waals surface area contributed by atoms with Gasteiger partial charge in [0.1, 0.15) is 36.6 Å². The molecule has 0 amide bonds. The molecule has 332 valence electrons. The minimum Gasteiger partial charge on any atom is -0.726 e. The third-order valence-electron chi connectivity index (χ3n) is 15.4. The minimum atomic E-state index is -5.24. The fourth-order valence-electron chi connectivity index (χ4n) is 12.7. The van der Waals surface area contributed by atoms with E-state index < -0.39 is 131 Å². The SMILES string of the molecule is COC1COC(OC2C(O[C@@H](CC[C@@H](C)C3C[C@@H](O)C4[C@]3(C)CCC3[C@@]5(C)CC[C@H](O)[C@H](O)C5[C@@H](OS(=O)(=O)[O-])C[C@]34O)C(C)C)OC(CO)C2O)C(OC)C1O.[Na+]. The Morgan fingerprint density at radius 2 is 1.53 bits per heavy atom. The van der Waals surface area contributed by atoms with Crippen molar-refractivity contribution in [3.05, 3.63) is 0 Å². The Bertz CT molecular complexity index is 1480. The van der Waals surface area contributed by atoms with Gasteiger partial charge in [-0.15, -0.1) is 0 Å². The Morgan fingerprint density at radius 1 is 0.862 bits per heavy atom. The maximum absolute atomic E-state index is 12.8. The van der Waals surface area contributed by atoms with E-state index >= 15 is 0 Å². The maximum Gasteiger partial charge on any atom is 1.00 e. The Balaban J connectivity index is 0.00000641. The van der Waals surface area contributed by atoms with E-state index in [0.717, 1.165) is 0 Å². The molecule has 21 atom stereocenters. The van der Waals surface area contributed by atoms with Crippen LogP contribution in [-0.2, 0) is 43.0 Å². The smallest absolute Gasteiger partial charge is 0.726 e. The van der Waals surface area contributed by atoms with Crippen LogP contribution in [0.2, 0.25) is 0 Å². The number of methoxy groups -OCH3 is 2. The molecule has 0 radical (unpaired) electrons. The van der Waals surface area contributed by atoms with Gasteiger partial charge in [0, 0.05) is 32.5 Å². The standard InChI is InChI=1S/C39H68O17S.Na/c1-18(2)23(53-36-33(30(44)25(16-40)54-36)55-35-32(51-7)31(45)26(50-6)17-52-35)9-8-19(3)20-14-22(42)34-37(20,4)13-11-27-38(5)12-10-21(41)29(43)28(38)24(15-39(27,34)46)56-57(47,48)49;/h18-36,40-46H,8-17H2,1-7H3,(H,47,48,49);/q;+1/p-1/t19-,20?,21+,22-,23+,24+,25?,26?,27?,28?,29+,30?,31?,32?,33?,34?,35?,36?,37-,38-,39+;/m1./s1. The summed E-state index contributed by atoms with van der Waals surface area (Å²) >= 11 is 0. The first kappa shape index (κ1) is 49.4. The first-order chi connectivity index (χ1) is 26.6. The van der Waals surface area contributed by atoms with E-state index in [1.807, 2.05) is 20.8 Å². The summed E-state index contributed by atoms with van der Waals surface area (Å²) in [5.41, 5.74) is -3.07. The van der Waals surface area contributed by atoms with E-state index in [0.29, 0.717) is 38.5 Å². The van der Waals surface area contributed by atoms with E-state index in [2.05, 4.69) is 13.8 Å². The molecular weight excluding hydrogens is 795 g/mol. The molecule has 19 heteroatoms. The van der Waals surface area contributed by atoms with Gasteiger partial charge in [0.25, 0.3) is 0 Å². The largest absolute Gasteiger partial charge is 1.00 e. The molecule has 0 spiro atoms. The van der Waals surface area contributed by atoms with E-state index in [-0.39, 0.29) is 66.8 Å². The van der Waals surface area contributed by atoms with Crippen LogP contribution in [0.3, 0.4) is 0 Å². The first-order valence-electron chi connectivity index (χ1n) is 20.7. The van der Waals surface area contributed by atoms with Crippen molar-refractivity contribution in [2.24, 2.45) is 46.3 Å². The fourth-order valence-corrected chi connectivity index (χ4v) is 13.2. The topological polar surface area (TPSA) is 263 Å². The van der Waals surface area contributed by atoms with Gasteiger partial charge in [-0.2, -0.15) is 0 Å². The van der Waals surface area contributed by atoms with Crippen LogP contribution in [0.4, 0.5) is 0 Å². The summed E-state index contributed by atoms with van der Waals surface area (Å²) in [7, 11) is -2.39. The van der Waals surface area contributed by atoms with Crippen LogP contribution in [0.25, 0.3) is 0 Å². The van der Waals surface area contributed by atoms with Crippen molar-refractivity contribution in [3.63, 3.8) is 0 Å². The van der Waals surface area contributed by atoms with Gasteiger partial charge in [-0.25, -0.2) is 8.42 Å². The molecule has 2 aliphatic heterocycles. The molecule has 58 heavy (non-hydrogen) atoms. The van der Waals surface area contributed by atoms with Crippen LogP contribution in [0.1, 0.15) is 86.0 Å². The van der Waals surface area contributed by atoms with Crippen molar-refractivity contribution in [3.8, 4) is 0 Å². The maximum atomic E-state index is 12.8. The molecule has 6 aliphatic rings. The Hall–Kier alpha value is 0.350. The quantitative estimate of drug-likeness (QED) is 0.0528. The molecule has 0 aromatic rings. The number of ether oxygens (including phenoxy) is 6. The van der Waals surface area contributed by atoms with Crippen LogP contribution in [0.15, 0.2) is 0 Å². The molecule has 4 saturated carbocycles. The second-order valence-electron chi connectivity index (χ2n) is 18.8. The van der Waals surface area contributed by atoms with Crippen molar-refractivity contribution in [1.29, 1.82) is 0 Å². The third kappa shape index (κ3) is 9.02.